The van der Waals surface area contributed by atoms with Gasteiger partial charge in [0.2, 0.25) is 0 Å². The van der Waals surface area contributed by atoms with Gasteiger partial charge in [-0.05, 0) is 12.8 Å². The van der Waals surface area contributed by atoms with Crippen LogP contribution in [0, 0.1) is 5.92 Å². The lowest BCUT2D eigenvalue weighted by atomic mass is 10.1. The van der Waals surface area contributed by atoms with Crippen LogP contribution in [0.4, 0.5) is 0 Å². The highest BCUT2D eigenvalue weighted by molar-refractivity contribution is 5.67. The van der Waals surface area contributed by atoms with Gasteiger partial charge in [-0.2, -0.15) is 0 Å². The summed E-state index contributed by atoms with van der Waals surface area (Å²) >= 11 is 0. The largest absolute Gasteiger partial charge is 0.303 e. The standard InChI is InChI=1S/C6H11O/c1-3-6(4-2)5-7/h5H,3-4H2,1-2H3. The highest BCUT2D eigenvalue weighted by atomic mass is 16.1. The van der Waals surface area contributed by atoms with Crippen LogP contribution in [-0.2, 0) is 4.79 Å². The first-order valence-corrected chi connectivity index (χ1v) is 2.65. The maximum absolute atomic E-state index is 9.93. The lowest BCUT2D eigenvalue weighted by Gasteiger charge is -1.96. The van der Waals surface area contributed by atoms with E-state index >= 15 is 0 Å². The molecular formula is C6H11O. The first kappa shape index (κ1) is 6.67. The molecule has 0 spiro atoms. The van der Waals surface area contributed by atoms with Crippen LogP contribution in [0.15, 0.2) is 0 Å². The van der Waals surface area contributed by atoms with E-state index in [1.165, 1.54) is 0 Å². The van der Waals surface area contributed by atoms with Crippen molar-refractivity contribution in [2.75, 3.05) is 0 Å². The molecule has 0 saturated heterocycles. The Balaban J connectivity index is 3.16. The summed E-state index contributed by atoms with van der Waals surface area (Å²) in [5.74, 6) is 1.00. The minimum atomic E-state index is 0.903. The van der Waals surface area contributed by atoms with Crippen molar-refractivity contribution in [1.29, 1.82) is 0 Å². The van der Waals surface area contributed by atoms with Gasteiger partial charge < -0.3 is 4.79 Å². The van der Waals surface area contributed by atoms with E-state index in [1.807, 2.05) is 13.8 Å². The third-order valence-electron chi connectivity index (χ3n) is 1.07. The molecule has 0 bridgehead atoms. The molecular weight excluding hydrogens is 88.1 g/mol. The van der Waals surface area contributed by atoms with E-state index in [4.69, 9.17) is 0 Å². The second-order valence-electron chi connectivity index (χ2n) is 1.48. The smallest absolute Gasteiger partial charge is 0.127 e. The number of carbonyl (C=O) groups is 1. The van der Waals surface area contributed by atoms with Crippen molar-refractivity contribution in [1.82, 2.24) is 0 Å². The molecule has 0 heterocycles. The van der Waals surface area contributed by atoms with Gasteiger partial charge in [-0.3, -0.25) is 0 Å². The summed E-state index contributed by atoms with van der Waals surface area (Å²) in [7, 11) is 0. The number of carbonyl (C=O) groups excluding carboxylic acids is 1. The Morgan fingerprint density at radius 3 is 1.86 bits per heavy atom. The first-order chi connectivity index (χ1) is 3.35. The van der Waals surface area contributed by atoms with E-state index in [1.54, 1.807) is 0 Å². The number of hydrogen-bond acceptors (Lipinski definition) is 1. The van der Waals surface area contributed by atoms with Crippen molar-refractivity contribution < 1.29 is 4.79 Å². The van der Waals surface area contributed by atoms with Gasteiger partial charge in [-0.1, -0.05) is 13.8 Å². The molecule has 0 atom stereocenters. The van der Waals surface area contributed by atoms with Gasteiger partial charge in [0.1, 0.15) is 6.29 Å². The van der Waals surface area contributed by atoms with Crippen LogP contribution in [0.3, 0.4) is 0 Å². The highest BCUT2D eigenvalue weighted by Crippen LogP contribution is 2.04. The third-order valence-corrected chi connectivity index (χ3v) is 1.07. The fourth-order valence-corrected chi connectivity index (χ4v) is 0.417. The van der Waals surface area contributed by atoms with Crippen LogP contribution in [0.5, 0.6) is 0 Å². The Bertz CT molecular complexity index is 46.1. The van der Waals surface area contributed by atoms with Gasteiger partial charge in [0.25, 0.3) is 0 Å². The SMILES string of the molecule is CC[C](C=O)CC. The summed E-state index contributed by atoms with van der Waals surface area (Å²) < 4.78 is 0. The fraction of sp³-hybridized carbons (Fsp3) is 0.667. The molecule has 0 N–H and O–H groups in total. The fourth-order valence-electron chi connectivity index (χ4n) is 0.417. The highest BCUT2D eigenvalue weighted by Gasteiger charge is 1.97. The monoisotopic (exact) mass is 99.1 g/mol. The van der Waals surface area contributed by atoms with E-state index in [-0.39, 0.29) is 0 Å². The van der Waals surface area contributed by atoms with Crippen LogP contribution >= 0.6 is 0 Å². The van der Waals surface area contributed by atoms with Gasteiger partial charge in [0, 0.05) is 5.92 Å². The van der Waals surface area contributed by atoms with Crippen molar-refractivity contribution in [2.24, 2.45) is 0 Å². The second kappa shape index (κ2) is 3.85. The number of aldehydes is 1. The average molecular weight is 99.2 g/mol. The summed E-state index contributed by atoms with van der Waals surface area (Å²) in [4.78, 5) is 9.93. The van der Waals surface area contributed by atoms with Crippen LogP contribution in [0.25, 0.3) is 0 Å². The molecule has 0 aromatic carbocycles. The molecule has 0 unspecified atom stereocenters. The van der Waals surface area contributed by atoms with Gasteiger partial charge in [0.05, 0.1) is 0 Å². The quantitative estimate of drug-likeness (QED) is 0.491. The zero-order valence-corrected chi connectivity index (χ0v) is 4.90. The molecule has 0 rings (SSSR count). The topological polar surface area (TPSA) is 17.1 Å². The summed E-state index contributed by atoms with van der Waals surface area (Å²) in [6, 6.07) is 0. The zero-order chi connectivity index (χ0) is 5.70. The third kappa shape index (κ3) is 2.38. The normalized spacial score (nSPS) is 9.57. The molecule has 0 amide bonds. The zero-order valence-electron chi connectivity index (χ0n) is 4.90. The van der Waals surface area contributed by atoms with Gasteiger partial charge in [0.15, 0.2) is 0 Å². The minimum Gasteiger partial charge on any atom is -0.303 e. The minimum absolute atomic E-state index is 0.903. The molecule has 1 radical (unpaired) electrons. The number of rotatable bonds is 3. The van der Waals surface area contributed by atoms with Gasteiger partial charge in [-0.15, -0.1) is 0 Å². The summed E-state index contributed by atoms with van der Waals surface area (Å²) in [6.07, 6.45) is 2.75. The molecule has 41 valence electrons. The Kier molecular flexibility index (Phi) is 3.67. The predicted molar refractivity (Wildman–Crippen MR) is 29.9 cm³/mol. The summed E-state index contributed by atoms with van der Waals surface area (Å²) in [5, 5.41) is 0. The van der Waals surface area contributed by atoms with E-state index in [2.05, 4.69) is 0 Å². The van der Waals surface area contributed by atoms with Crippen molar-refractivity contribution in [3.63, 3.8) is 0 Å². The molecule has 0 fully saturated rings. The van der Waals surface area contributed by atoms with Crippen molar-refractivity contribution in [3.8, 4) is 0 Å². The van der Waals surface area contributed by atoms with Crippen LogP contribution in [0.1, 0.15) is 26.7 Å². The van der Waals surface area contributed by atoms with Gasteiger partial charge in [-0.25, -0.2) is 0 Å². The van der Waals surface area contributed by atoms with Gasteiger partial charge >= 0.3 is 0 Å². The van der Waals surface area contributed by atoms with Crippen LogP contribution < -0.4 is 0 Å². The molecule has 1 heteroatoms. The lowest BCUT2D eigenvalue weighted by molar-refractivity contribution is -0.106. The molecule has 0 aliphatic rings. The van der Waals surface area contributed by atoms with Crippen LogP contribution in [0.2, 0.25) is 0 Å². The Morgan fingerprint density at radius 1 is 1.43 bits per heavy atom. The first-order valence-electron chi connectivity index (χ1n) is 2.65. The summed E-state index contributed by atoms with van der Waals surface area (Å²) in [5.41, 5.74) is 0. The second-order valence-corrected chi connectivity index (χ2v) is 1.48. The van der Waals surface area contributed by atoms with Crippen LogP contribution in [-0.4, -0.2) is 6.29 Å². The molecule has 0 aromatic heterocycles. The lowest BCUT2D eigenvalue weighted by Crippen LogP contribution is -1.92. The molecule has 0 aromatic rings. The van der Waals surface area contributed by atoms with E-state index < -0.39 is 0 Å². The van der Waals surface area contributed by atoms with Crippen molar-refractivity contribution in [2.45, 2.75) is 26.7 Å². The maximum atomic E-state index is 9.93. The van der Waals surface area contributed by atoms with E-state index in [9.17, 15) is 4.79 Å². The molecule has 0 aliphatic heterocycles. The maximum Gasteiger partial charge on any atom is 0.127 e. The molecule has 0 saturated carbocycles. The predicted octanol–water partition coefficient (Wildman–Crippen LogP) is 1.58. The summed E-state index contributed by atoms with van der Waals surface area (Å²) in [6.45, 7) is 3.99. The Hall–Kier alpha value is -0.330. The van der Waals surface area contributed by atoms with E-state index in [0.29, 0.717) is 0 Å². The molecule has 0 aliphatic carbocycles. The number of hydrogen-bond donors (Lipinski definition) is 0. The molecule has 7 heavy (non-hydrogen) atoms. The van der Waals surface area contributed by atoms with Crippen molar-refractivity contribution >= 4 is 6.29 Å². The Morgan fingerprint density at radius 2 is 1.86 bits per heavy atom. The van der Waals surface area contributed by atoms with Crippen molar-refractivity contribution in [3.05, 3.63) is 5.92 Å². The Labute approximate surface area is 44.7 Å². The molecule has 1 nitrogen and oxygen atoms in total. The van der Waals surface area contributed by atoms with E-state index in [0.717, 1.165) is 25.0 Å². The average Bonchev–Trinajstić information content (AvgIpc) is 1.72.